The van der Waals surface area contributed by atoms with E-state index in [2.05, 4.69) is 10.3 Å². The summed E-state index contributed by atoms with van der Waals surface area (Å²) in [6.07, 6.45) is 3.46. The van der Waals surface area contributed by atoms with Crippen LogP contribution in [0.2, 0.25) is 0 Å². The number of carbonyl (C=O) groups is 1. The molecule has 10 heteroatoms. The van der Waals surface area contributed by atoms with Gasteiger partial charge < -0.3 is 9.84 Å². The van der Waals surface area contributed by atoms with Gasteiger partial charge in [-0.25, -0.2) is 13.1 Å². The Morgan fingerprint density at radius 1 is 1.21 bits per heavy atom. The maximum atomic E-state index is 13.6. The van der Waals surface area contributed by atoms with Crippen molar-refractivity contribution in [2.24, 2.45) is 0 Å². The molecule has 0 aliphatic carbocycles. The third-order valence-electron chi connectivity index (χ3n) is 7.07. The summed E-state index contributed by atoms with van der Waals surface area (Å²) in [5, 5.41) is 18.0. The molecule has 2 unspecified atom stereocenters. The van der Waals surface area contributed by atoms with Gasteiger partial charge in [-0.05, 0) is 74.8 Å². The van der Waals surface area contributed by atoms with Gasteiger partial charge in [0.25, 0.3) is 0 Å². The molecule has 1 aliphatic heterocycles. The highest BCUT2D eigenvalue weighted by Gasteiger charge is 2.34. The Hall–Kier alpha value is -3.24. The summed E-state index contributed by atoms with van der Waals surface area (Å²) in [6, 6.07) is 12.8. The van der Waals surface area contributed by atoms with E-state index in [4.69, 9.17) is 4.74 Å². The average molecular weight is 541 g/mol. The summed E-state index contributed by atoms with van der Waals surface area (Å²) in [7, 11) is -3.78. The maximum Gasteiger partial charge on any atom is 0.303 e. The van der Waals surface area contributed by atoms with E-state index < -0.39 is 16.0 Å². The predicted octanol–water partition coefficient (Wildman–Crippen LogP) is 4.72. The van der Waals surface area contributed by atoms with Crippen molar-refractivity contribution in [2.75, 3.05) is 6.54 Å². The Balaban J connectivity index is 1.61. The van der Waals surface area contributed by atoms with Crippen LogP contribution in [0.1, 0.15) is 74.4 Å². The molecule has 38 heavy (non-hydrogen) atoms. The second-order valence-electron chi connectivity index (χ2n) is 10.2. The monoisotopic (exact) mass is 540 g/mol. The number of carboxylic acid groups (broad SMARTS) is 1. The number of carboxylic acids is 1. The van der Waals surface area contributed by atoms with Crippen LogP contribution in [0.3, 0.4) is 0 Å². The number of fused-ring (bicyclic) bond motifs is 1. The molecule has 2 atom stereocenters. The van der Waals surface area contributed by atoms with Gasteiger partial charge in [0.2, 0.25) is 10.0 Å². The second kappa shape index (κ2) is 11.7. The molecule has 0 amide bonds. The molecule has 9 nitrogen and oxygen atoms in total. The molecule has 0 radical (unpaired) electrons. The van der Waals surface area contributed by atoms with Crippen molar-refractivity contribution >= 4 is 16.0 Å². The smallest absolute Gasteiger partial charge is 0.303 e. The third-order valence-corrected chi connectivity index (χ3v) is 8.92. The third kappa shape index (κ3) is 6.24. The van der Waals surface area contributed by atoms with Gasteiger partial charge in [-0.3, -0.25) is 4.79 Å². The number of hydrogen-bond acceptors (Lipinski definition) is 6. The fourth-order valence-corrected chi connectivity index (χ4v) is 6.28. The summed E-state index contributed by atoms with van der Waals surface area (Å²) >= 11 is 0. The molecule has 0 fully saturated rings. The molecule has 2 aromatic carbocycles. The van der Waals surface area contributed by atoms with Crippen LogP contribution >= 0.6 is 0 Å². The largest absolute Gasteiger partial charge is 0.488 e. The Labute approximate surface area is 224 Å². The zero-order valence-electron chi connectivity index (χ0n) is 22.4. The van der Waals surface area contributed by atoms with Crippen LogP contribution in [0.25, 0.3) is 0 Å². The number of para-hydroxylation sites is 1. The van der Waals surface area contributed by atoms with Crippen molar-refractivity contribution in [3.05, 3.63) is 71.0 Å². The number of benzene rings is 2. The minimum atomic E-state index is -3.78. The molecule has 0 saturated carbocycles. The van der Waals surface area contributed by atoms with E-state index in [1.165, 1.54) is 4.31 Å². The molecule has 2 heterocycles. The van der Waals surface area contributed by atoms with Gasteiger partial charge in [-0.2, -0.15) is 4.31 Å². The van der Waals surface area contributed by atoms with Gasteiger partial charge in [0.05, 0.1) is 18.7 Å². The van der Waals surface area contributed by atoms with Gasteiger partial charge in [0.15, 0.2) is 0 Å². The summed E-state index contributed by atoms with van der Waals surface area (Å²) in [6.45, 7) is 8.39. The molecular weight excluding hydrogens is 504 g/mol. The number of nitrogens with zero attached hydrogens (tertiary/aromatic N) is 4. The highest BCUT2D eigenvalue weighted by Crippen LogP contribution is 2.34. The van der Waals surface area contributed by atoms with Gasteiger partial charge in [-0.1, -0.05) is 42.5 Å². The summed E-state index contributed by atoms with van der Waals surface area (Å²) in [5.74, 6) is -0.745. The normalized spacial score (nSPS) is 18.0. The van der Waals surface area contributed by atoms with Gasteiger partial charge in [0.1, 0.15) is 16.7 Å². The zero-order chi connectivity index (χ0) is 27.4. The van der Waals surface area contributed by atoms with E-state index in [0.29, 0.717) is 25.0 Å². The van der Waals surface area contributed by atoms with Crippen molar-refractivity contribution in [1.29, 1.82) is 0 Å². The minimum Gasteiger partial charge on any atom is -0.488 e. The number of ether oxygens (including phenoxy) is 1. The SMILES string of the molecule is CCC1CN(Cc2cc(C(CCc3cn(C(C)C)nn3)CC(=O)O)ccc2C)S(=O)(=O)c2ccccc2O1. The van der Waals surface area contributed by atoms with Gasteiger partial charge >= 0.3 is 5.97 Å². The van der Waals surface area contributed by atoms with E-state index in [0.717, 1.165) is 22.4 Å². The van der Waals surface area contributed by atoms with Crippen molar-refractivity contribution in [1.82, 2.24) is 19.3 Å². The lowest BCUT2D eigenvalue weighted by molar-refractivity contribution is -0.137. The molecule has 1 N–H and O–H groups in total. The van der Waals surface area contributed by atoms with Crippen LogP contribution in [0, 0.1) is 6.92 Å². The van der Waals surface area contributed by atoms with Gasteiger partial charge in [0, 0.05) is 18.8 Å². The summed E-state index contributed by atoms with van der Waals surface area (Å²) in [4.78, 5) is 11.9. The Morgan fingerprint density at radius 2 is 1.97 bits per heavy atom. The van der Waals surface area contributed by atoms with Crippen molar-refractivity contribution in [2.45, 2.75) is 82.9 Å². The first-order valence-corrected chi connectivity index (χ1v) is 14.5. The Morgan fingerprint density at radius 3 is 2.66 bits per heavy atom. The number of sulfonamides is 1. The molecular formula is C28H36N4O5S. The molecule has 4 rings (SSSR count). The lowest BCUT2D eigenvalue weighted by Crippen LogP contribution is -2.36. The Bertz CT molecular complexity index is 1390. The molecule has 3 aromatic rings. The van der Waals surface area contributed by atoms with Crippen molar-refractivity contribution in [3.8, 4) is 5.75 Å². The standard InChI is InChI=1S/C28H36N4O5S/c1-5-25-18-31(38(35,36)27-9-7-6-8-26(27)37-25)16-23-14-21(11-10-20(23)4)22(15-28(33)34)12-13-24-17-32(19(2)3)30-29-24/h6-11,14,17,19,22,25H,5,12-13,15-16,18H2,1-4H3,(H,33,34). The highest BCUT2D eigenvalue weighted by molar-refractivity contribution is 7.89. The first-order chi connectivity index (χ1) is 18.1. The lowest BCUT2D eigenvalue weighted by Gasteiger charge is -2.24. The molecule has 1 aliphatic rings. The van der Waals surface area contributed by atoms with Crippen LogP contribution in [-0.4, -0.2) is 51.4 Å². The maximum absolute atomic E-state index is 13.6. The molecule has 1 aromatic heterocycles. The van der Waals surface area contributed by atoms with Crippen LogP contribution in [0.5, 0.6) is 5.75 Å². The van der Waals surface area contributed by atoms with E-state index in [1.54, 1.807) is 28.9 Å². The van der Waals surface area contributed by atoms with Crippen LogP contribution < -0.4 is 4.74 Å². The topological polar surface area (TPSA) is 115 Å². The highest BCUT2D eigenvalue weighted by atomic mass is 32.2. The fourth-order valence-electron chi connectivity index (χ4n) is 4.71. The molecule has 0 saturated heterocycles. The molecule has 204 valence electrons. The average Bonchev–Trinajstić information content (AvgIpc) is 3.32. The molecule has 0 spiro atoms. The molecule has 0 bridgehead atoms. The predicted molar refractivity (Wildman–Crippen MR) is 144 cm³/mol. The first kappa shape index (κ1) is 27.8. The van der Waals surface area contributed by atoms with E-state index in [9.17, 15) is 18.3 Å². The van der Waals surface area contributed by atoms with Crippen molar-refractivity contribution in [3.63, 3.8) is 0 Å². The van der Waals surface area contributed by atoms with Crippen LogP contribution in [0.15, 0.2) is 53.6 Å². The summed E-state index contributed by atoms with van der Waals surface area (Å²) < 4.78 is 36.6. The number of aryl methyl sites for hydroxylation is 2. The van der Waals surface area contributed by atoms with Gasteiger partial charge in [-0.15, -0.1) is 5.10 Å². The fraction of sp³-hybridized carbons (Fsp3) is 0.464. The van der Waals surface area contributed by atoms with Crippen LogP contribution in [0.4, 0.5) is 0 Å². The lowest BCUT2D eigenvalue weighted by atomic mass is 9.88. The zero-order valence-corrected chi connectivity index (χ0v) is 23.2. The number of hydrogen-bond donors (Lipinski definition) is 1. The Kier molecular flexibility index (Phi) is 8.52. The quantitative estimate of drug-likeness (QED) is 0.396. The second-order valence-corrected chi connectivity index (χ2v) is 12.1. The van der Waals surface area contributed by atoms with Crippen LogP contribution in [-0.2, 0) is 27.8 Å². The number of rotatable bonds is 10. The number of aliphatic carboxylic acids is 1. The summed E-state index contributed by atoms with van der Waals surface area (Å²) in [5.41, 5.74) is 3.49. The number of aromatic nitrogens is 3. The van der Waals surface area contributed by atoms with E-state index in [1.807, 2.05) is 52.1 Å². The van der Waals surface area contributed by atoms with E-state index in [-0.39, 0.29) is 42.5 Å². The first-order valence-electron chi connectivity index (χ1n) is 13.1. The van der Waals surface area contributed by atoms with Crippen molar-refractivity contribution < 1.29 is 23.1 Å². The minimum absolute atomic E-state index is 0.0258. The van der Waals surface area contributed by atoms with E-state index >= 15 is 0 Å².